The molecule has 1 aliphatic rings. The van der Waals surface area contributed by atoms with Gasteiger partial charge in [-0.3, -0.25) is 0 Å². The number of ether oxygens (including phenoxy) is 1. The molecule has 1 aromatic rings. The average molecular weight is 330 g/mol. The lowest BCUT2D eigenvalue weighted by molar-refractivity contribution is -0.137. The Morgan fingerprint density at radius 3 is 2.30 bits per heavy atom. The van der Waals surface area contributed by atoms with Gasteiger partial charge in [0.25, 0.3) is 0 Å². The third-order valence-electron chi connectivity index (χ3n) is 3.58. The van der Waals surface area contributed by atoms with Crippen molar-refractivity contribution in [1.82, 2.24) is 10.6 Å². The van der Waals surface area contributed by atoms with Gasteiger partial charge >= 0.3 is 12.3 Å². The number of nitrogens with one attached hydrogen (secondary N) is 2. The van der Waals surface area contributed by atoms with Gasteiger partial charge in [0.1, 0.15) is 5.60 Å². The van der Waals surface area contributed by atoms with Crippen LogP contribution in [0.5, 0.6) is 0 Å². The minimum absolute atomic E-state index is 0.0928. The van der Waals surface area contributed by atoms with E-state index in [0.29, 0.717) is 13.1 Å². The van der Waals surface area contributed by atoms with Crippen LogP contribution >= 0.6 is 0 Å². The molecule has 0 aromatic heterocycles. The van der Waals surface area contributed by atoms with Gasteiger partial charge in [-0.05, 0) is 38.5 Å². The van der Waals surface area contributed by atoms with Gasteiger partial charge in [-0.2, -0.15) is 13.2 Å². The highest BCUT2D eigenvalue weighted by Gasteiger charge is 2.33. The van der Waals surface area contributed by atoms with Gasteiger partial charge in [-0.25, -0.2) is 4.79 Å². The van der Waals surface area contributed by atoms with Crippen molar-refractivity contribution in [3.05, 3.63) is 35.4 Å². The number of hydrogen-bond acceptors (Lipinski definition) is 3. The molecule has 2 rings (SSSR count). The second-order valence-electron chi connectivity index (χ2n) is 6.64. The van der Waals surface area contributed by atoms with Gasteiger partial charge in [0.15, 0.2) is 0 Å². The number of hydrogen-bond donors (Lipinski definition) is 2. The summed E-state index contributed by atoms with van der Waals surface area (Å²) in [5.41, 5.74) is -0.520. The molecule has 1 heterocycles. The molecule has 0 radical (unpaired) electrons. The van der Waals surface area contributed by atoms with Crippen molar-refractivity contribution in [3.63, 3.8) is 0 Å². The fourth-order valence-electron chi connectivity index (χ4n) is 2.56. The van der Waals surface area contributed by atoms with Crippen LogP contribution in [0.15, 0.2) is 24.3 Å². The van der Waals surface area contributed by atoms with E-state index in [1.807, 2.05) is 0 Å². The van der Waals surface area contributed by atoms with Crippen LogP contribution in [0.25, 0.3) is 0 Å². The lowest BCUT2D eigenvalue weighted by atomic mass is 9.93. The quantitative estimate of drug-likeness (QED) is 0.875. The van der Waals surface area contributed by atoms with Crippen LogP contribution in [0.4, 0.5) is 18.0 Å². The maximum Gasteiger partial charge on any atom is 0.416 e. The number of alkyl carbamates (subject to hydrolysis) is 1. The first-order valence-electron chi connectivity index (χ1n) is 7.43. The topological polar surface area (TPSA) is 50.4 Å². The third kappa shape index (κ3) is 4.86. The number of carbonyl (C=O) groups excluding carboxylic acids is 1. The Balaban J connectivity index is 2.05. The standard InChI is InChI=1S/C16H21F3N2O2/c1-15(2,3)23-14(22)21-13-9-20-8-12(13)10-4-6-11(7-5-10)16(17,18)19/h4-7,12-13,20H,8-9H2,1-3H3,(H,21,22)/t12-,13-/m1/s1. The molecule has 7 heteroatoms. The Kier molecular flexibility index (Phi) is 4.89. The first-order chi connectivity index (χ1) is 10.6. The highest BCUT2D eigenvalue weighted by atomic mass is 19.4. The summed E-state index contributed by atoms with van der Waals surface area (Å²) in [7, 11) is 0. The van der Waals surface area contributed by atoms with Crippen molar-refractivity contribution in [2.75, 3.05) is 13.1 Å². The molecule has 0 spiro atoms. The molecule has 1 saturated heterocycles. The first kappa shape index (κ1) is 17.6. The van der Waals surface area contributed by atoms with Gasteiger partial charge in [0, 0.05) is 19.0 Å². The summed E-state index contributed by atoms with van der Waals surface area (Å²) in [4.78, 5) is 11.9. The van der Waals surface area contributed by atoms with Crippen LogP contribution in [0.3, 0.4) is 0 Å². The number of alkyl halides is 3. The monoisotopic (exact) mass is 330 g/mol. The molecule has 23 heavy (non-hydrogen) atoms. The van der Waals surface area contributed by atoms with E-state index in [9.17, 15) is 18.0 Å². The van der Waals surface area contributed by atoms with E-state index in [0.717, 1.165) is 17.7 Å². The molecule has 4 nitrogen and oxygen atoms in total. The zero-order valence-electron chi connectivity index (χ0n) is 13.3. The van der Waals surface area contributed by atoms with Crippen LogP contribution in [-0.4, -0.2) is 30.8 Å². The van der Waals surface area contributed by atoms with E-state index >= 15 is 0 Å². The normalized spacial score (nSPS) is 22.0. The van der Waals surface area contributed by atoms with Crippen molar-refractivity contribution >= 4 is 6.09 Å². The van der Waals surface area contributed by atoms with Crippen LogP contribution < -0.4 is 10.6 Å². The summed E-state index contributed by atoms with van der Waals surface area (Å²) in [5.74, 6) is -0.0928. The highest BCUT2D eigenvalue weighted by Crippen LogP contribution is 2.31. The fraction of sp³-hybridized carbons (Fsp3) is 0.562. The molecular formula is C16H21F3N2O2. The number of amides is 1. The lowest BCUT2D eigenvalue weighted by Crippen LogP contribution is -2.42. The Morgan fingerprint density at radius 2 is 1.78 bits per heavy atom. The number of benzene rings is 1. The molecule has 2 N–H and O–H groups in total. The smallest absolute Gasteiger partial charge is 0.416 e. The molecule has 0 unspecified atom stereocenters. The number of rotatable bonds is 2. The van der Waals surface area contributed by atoms with Crippen molar-refractivity contribution in [1.29, 1.82) is 0 Å². The van der Waals surface area contributed by atoms with E-state index in [2.05, 4.69) is 10.6 Å². The predicted molar refractivity (Wildman–Crippen MR) is 80.2 cm³/mol. The van der Waals surface area contributed by atoms with E-state index < -0.39 is 23.4 Å². The maximum absolute atomic E-state index is 12.6. The Labute approximate surface area is 133 Å². The van der Waals surface area contributed by atoms with Crippen LogP contribution in [0.1, 0.15) is 37.8 Å². The summed E-state index contributed by atoms with van der Waals surface area (Å²) in [6.07, 6.45) is -4.87. The van der Waals surface area contributed by atoms with E-state index in [4.69, 9.17) is 4.74 Å². The fourth-order valence-corrected chi connectivity index (χ4v) is 2.56. The molecule has 1 aliphatic heterocycles. The molecular weight excluding hydrogens is 309 g/mol. The summed E-state index contributed by atoms with van der Waals surface area (Å²) in [5, 5.41) is 5.92. The molecule has 0 saturated carbocycles. The van der Waals surface area contributed by atoms with E-state index in [-0.39, 0.29) is 12.0 Å². The summed E-state index contributed by atoms with van der Waals surface area (Å²) < 4.78 is 43.1. The molecule has 128 valence electrons. The predicted octanol–water partition coefficient (Wildman–Crippen LogP) is 3.29. The molecule has 1 amide bonds. The molecule has 0 aliphatic carbocycles. The Morgan fingerprint density at radius 1 is 1.17 bits per heavy atom. The Bertz CT molecular complexity index is 550. The summed E-state index contributed by atoms with van der Waals surface area (Å²) in [6.45, 7) is 6.45. The number of carbonyl (C=O) groups is 1. The molecule has 2 atom stereocenters. The van der Waals surface area contributed by atoms with Crippen LogP contribution in [0, 0.1) is 0 Å². The van der Waals surface area contributed by atoms with Crippen molar-refractivity contribution in [3.8, 4) is 0 Å². The SMILES string of the molecule is CC(C)(C)OC(=O)N[C@@H]1CNC[C@@H]1c1ccc(C(F)(F)F)cc1. The largest absolute Gasteiger partial charge is 0.444 e. The second-order valence-corrected chi connectivity index (χ2v) is 6.64. The molecule has 0 bridgehead atoms. The highest BCUT2D eigenvalue weighted by molar-refractivity contribution is 5.68. The van der Waals surface area contributed by atoms with E-state index in [1.54, 1.807) is 20.8 Å². The third-order valence-corrected chi connectivity index (χ3v) is 3.58. The Hall–Kier alpha value is -1.76. The molecule has 1 fully saturated rings. The lowest BCUT2D eigenvalue weighted by Gasteiger charge is -2.24. The minimum Gasteiger partial charge on any atom is -0.444 e. The number of halogens is 3. The van der Waals surface area contributed by atoms with Gasteiger partial charge in [-0.15, -0.1) is 0 Å². The van der Waals surface area contributed by atoms with E-state index in [1.165, 1.54) is 12.1 Å². The van der Waals surface area contributed by atoms with Crippen LogP contribution in [0.2, 0.25) is 0 Å². The zero-order valence-corrected chi connectivity index (χ0v) is 13.3. The molecule has 1 aromatic carbocycles. The van der Waals surface area contributed by atoms with Crippen LogP contribution in [-0.2, 0) is 10.9 Å². The maximum atomic E-state index is 12.6. The van der Waals surface area contributed by atoms with Gasteiger partial charge in [0.2, 0.25) is 0 Å². The zero-order chi connectivity index (χ0) is 17.3. The summed E-state index contributed by atoms with van der Waals surface area (Å²) >= 11 is 0. The van der Waals surface area contributed by atoms with Gasteiger partial charge in [-0.1, -0.05) is 12.1 Å². The van der Waals surface area contributed by atoms with Gasteiger partial charge < -0.3 is 15.4 Å². The van der Waals surface area contributed by atoms with Crippen molar-refractivity contribution in [2.45, 2.75) is 44.5 Å². The van der Waals surface area contributed by atoms with Gasteiger partial charge in [0.05, 0.1) is 11.6 Å². The second kappa shape index (κ2) is 6.39. The van der Waals surface area contributed by atoms with Crippen molar-refractivity contribution < 1.29 is 22.7 Å². The minimum atomic E-state index is -4.35. The summed E-state index contributed by atoms with van der Waals surface area (Å²) in [6, 6.07) is 4.84. The average Bonchev–Trinajstić information content (AvgIpc) is 2.83. The van der Waals surface area contributed by atoms with Crippen molar-refractivity contribution in [2.24, 2.45) is 0 Å². The first-order valence-corrected chi connectivity index (χ1v) is 7.43.